The highest BCUT2D eigenvalue weighted by Gasteiger charge is 2.26. The van der Waals surface area contributed by atoms with Crippen LogP contribution in [-0.2, 0) is 10.2 Å². The Morgan fingerprint density at radius 1 is 1.16 bits per heavy atom. The number of carbonyl (C=O) groups excluding carboxylic acids is 1. The Morgan fingerprint density at radius 3 is 2.75 bits per heavy atom. The Morgan fingerprint density at radius 2 is 1.94 bits per heavy atom. The van der Waals surface area contributed by atoms with Crippen LogP contribution in [0.25, 0.3) is 0 Å². The molecule has 4 rings (SSSR count). The molecule has 1 atom stereocenters. The Hall–Kier alpha value is -2.49. The molecule has 2 heterocycles. The summed E-state index contributed by atoms with van der Waals surface area (Å²) >= 11 is 0. The highest BCUT2D eigenvalue weighted by molar-refractivity contribution is 14.0. The Kier molecular flexibility index (Phi) is 7.86. The monoisotopic (exact) mass is 550 g/mol. The van der Waals surface area contributed by atoms with E-state index in [4.69, 9.17) is 14.5 Å². The number of hydrogen-bond donors (Lipinski definition) is 3. The SMILES string of the molecule is CCNC(=NCC(C)(C)c1ccc2c(c1)OCO2)NCC1CC(=O)Nc2ccccc21.I. The van der Waals surface area contributed by atoms with Crippen LogP contribution in [0.2, 0.25) is 0 Å². The van der Waals surface area contributed by atoms with E-state index in [0.717, 1.165) is 40.8 Å². The van der Waals surface area contributed by atoms with E-state index in [1.807, 2.05) is 37.3 Å². The zero-order chi connectivity index (χ0) is 21.8. The predicted octanol–water partition coefficient (Wildman–Crippen LogP) is 3.99. The van der Waals surface area contributed by atoms with Crippen molar-refractivity contribution < 1.29 is 14.3 Å². The van der Waals surface area contributed by atoms with Crippen LogP contribution < -0.4 is 25.4 Å². The number of nitrogens with zero attached hydrogens (tertiary/aromatic N) is 1. The lowest BCUT2D eigenvalue weighted by Crippen LogP contribution is -2.41. The van der Waals surface area contributed by atoms with Gasteiger partial charge in [-0.3, -0.25) is 9.79 Å². The molecule has 8 heteroatoms. The first-order valence-electron chi connectivity index (χ1n) is 10.8. The van der Waals surface area contributed by atoms with Crippen LogP contribution in [0, 0.1) is 0 Å². The molecule has 3 N–H and O–H groups in total. The van der Waals surface area contributed by atoms with E-state index in [0.29, 0.717) is 19.5 Å². The van der Waals surface area contributed by atoms with Crippen molar-refractivity contribution >= 4 is 41.5 Å². The second-order valence-corrected chi connectivity index (χ2v) is 8.56. The molecule has 0 fully saturated rings. The van der Waals surface area contributed by atoms with E-state index in [1.54, 1.807) is 0 Å². The number of amides is 1. The fourth-order valence-corrected chi connectivity index (χ4v) is 3.93. The lowest BCUT2D eigenvalue weighted by atomic mass is 9.84. The summed E-state index contributed by atoms with van der Waals surface area (Å²) < 4.78 is 10.9. The molecule has 2 aromatic carbocycles. The largest absolute Gasteiger partial charge is 0.454 e. The summed E-state index contributed by atoms with van der Waals surface area (Å²) in [4.78, 5) is 16.9. The maximum Gasteiger partial charge on any atom is 0.231 e. The average Bonchev–Trinajstić information content (AvgIpc) is 3.23. The number of ether oxygens (including phenoxy) is 2. The molecule has 2 aromatic rings. The topological polar surface area (TPSA) is 84.0 Å². The Bertz CT molecular complexity index is 993. The molecule has 32 heavy (non-hydrogen) atoms. The summed E-state index contributed by atoms with van der Waals surface area (Å²) in [5.41, 5.74) is 3.03. The molecular formula is C24H31IN4O3. The van der Waals surface area contributed by atoms with Gasteiger partial charge in [0.25, 0.3) is 0 Å². The molecule has 0 radical (unpaired) electrons. The summed E-state index contributed by atoms with van der Waals surface area (Å²) in [6, 6.07) is 14.0. The first kappa shape index (κ1) is 24.2. The number of carbonyl (C=O) groups is 1. The van der Waals surface area contributed by atoms with E-state index in [2.05, 4.69) is 41.9 Å². The van der Waals surface area contributed by atoms with Crippen molar-refractivity contribution in [1.29, 1.82) is 0 Å². The normalized spacial score (nSPS) is 17.2. The molecule has 2 aliphatic heterocycles. The van der Waals surface area contributed by atoms with Gasteiger partial charge in [-0.05, 0) is 36.2 Å². The van der Waals surface area contributed by atoms with Crippen LogP contribution >= 0.6 is 24.0 Å². The summed E-state index contributed by atoms with van der Waals surface area (Å²) in [5, 5.41) is 9.70. The summed E-state index contributed by atoms with van der Waals surface area (Å²) in [7, 11) is 0. The van der Waals surface area contributed by atoms with Crippen LogP contribution in [0.4, 0.5) is 5.69 Å². The number of rotatable bonds is 6. The van der Waals surface area contributed by atoms with Crippen LogP contribution in [0.3, 0.4) is 0 Å². The van der Waals surface area contributed by atoms with Gasteiger partial charge in [0.05, 0.1) is 6.54 Å². The van der Waals surface area contributed by atoms with Gasteiger partial charge in [-0.25, -0.2) is 0 Å². The van der Waals surface area contributed by atoms with E-state index in [9.17, 15) is 4.79 Å². The third-order valence-electron chi connectivity index (χ3n) is 5.75. The first-order chi connectivity index (χ1) is 15.0. The van der Waals surface area contributed by atoms with Gasteiger partial charge >= 0.3 is 0 Å². The lowest BCUT2D eigenvalue weighted by Gasteiger charge is -2.27. The fraction of sp³-hybridized carbons (Fsp3) is 0.417. The standard InChI is InChI=1S/C24H30N4O3.HI/c1-4-25-23(26-13-16-11-22(29)28-19-8-6-5-7-18(16)19)27-14-24(2,3)17-9-10-20-21(12-17)31-15-30-20;/h5-10,12,16H,4,11,13-15H2,1-3H3,(H,28,29)(H2,25,26,27);1H. The summed E-state index contributed by atoms with van der Waals surface area (Å²) in [5.74, 6) is 2.48. The molecule has 2 aliphatic rings. The molecule has 0 saturated carbocycles. The lowest BCUT2D eigenvalue weighted by molar-refractivity contribution is -0.116. The quantitative estimate of drug-likeness (QED) is 0.288. The van der Waals surface area contributed by atoms with E-state index >= 15 is 0 Å². The average molecular weight is 550 g/mol. The zero-order valence-corrected chi connectivity index (χ0v) is 21.1. The smallest absolute Gasteiger partial charge is 0.231 e. The van der Waals surface area contributed by atoms with Gasteiger partial charge < -0.3 is 25.4 Å². The molecule has 172 valence electrons. The number of fused-ring (bicyclic) bond motifs is 2. The second-order valence-electron chi connectivity index (χ2n) is 8.56. The number of hydrogen-bond acceptors (Lipinski definition) is 4. The van der Waals surface area contributed by atoms with Crippen molar-refractivity contribution in [2.75, 3.05) is 31.7 Å². The molecule has 0 saturated heterocycles. The van der Waals surface area contributed by atoms with Crippen LogP contribution in [0.1, 0.15) is 44.2 Å². The van der Waals surface area contributed by atoms with Crippen molar-refractivity contribution in [2.24, 2.45) is 4.99 Å². The summed E-state index contributed by atoms with van der Waals surface area (Å²) in [6.07, 6.45) is 0.464. The summed E-state index contributed by atoms with van der Waals surface area (Å²) in [6.45, 7) is 8.65. The number of aliphatic imine (C=N–C) groups is 1. The molecular weight excluding hydrogens is 519 g/mol. The van der Waals surface area contributed by atoms with Gasteiger partial charge in [-0.2, -0.15) is 0 Å². The minimum Gasteiger partial charge on any atom is -0.454 e. The molecule has 1 amide bonds. The number of benzene rings is 2. The third kappa shape index (κ3) is 5.46. The number of nitrogens with one attached hydrogen (secondary N) is 3. The molecule has 7 nitrogen and oxygen atoms in total. The molecule has 1 unspecified atom stereocenters. The molecule has 0 bridgehead atoms. The highest BCUT2D eigenvalue weighted by Crippen LogP contribution is 2.36. The third-order valence-corrected chi connectivity index (χ3v) is 5.75. The number of guanidine groups is 1. The predicted molar refractivity (Wildman–Crippen MR) is 137 cm³/mol. The maximum atomic E-state index is 12.1. The van der Waals surface area contributed by atoms with Gasteiger partial charge in [0.15, 0.2) is 17.5 Å². The number of anilines is 1. The van der Waals surface area contributed by atoms with E-state index < -0.39 is 0 Å². The van der Waals surface area contributed by atoms with Gasteiger partial charge in [0, 0.05) is 36.5 Å². The van der Waals surface area contributed by atoms with E-state index in [1.165, 1.54) is 0 Å². The Labute approximate surface area is 206 Å². The first-order valence-corrected chi connectivity index (χ1v) is 10.8. The Balaban J connectivity index is 0.00000289. The zero-order valence-electron chi connectivity index (χ0n) is 18.7. The van der Waals surface area contributed by atoms with Crippen molar-refractivity contribution in [3.8, 4) is 11.5 Å². The van der Waals surface area contributed by atoms with Crippen molar-refractivity contribution in [3.05, 3.63) is 53.6 Å². The second kappa shape index (κ2) is 10.4. The number of para-hydroxylation sites is 1. The van der Waals surface area contributed by atoms with Gasteiger partial charge in [0.1, 0.15) is 0 Å². The van der Waals surface area contributed by atoms with E-state index in [-0.39, 0.29) is 48.0 Å². The van der Waals surface area contributed by atoms with Crippen LogP contribution in [0.5, 0.6) is 11.5 Å². The van der Waals surface area contributed by atoms with Gasteiger partial charge in [-0.15, -0.1) is 24.0 Å². The van der Waals surface area contributed by atoms with Crippen LogP contribution in [0.15, 0.2) is 47.5 Å². The van der Waals surface area contributed by atoms with Crippen LogP contribution in [-0.4, -0.2) is 38.3 Å². The maximum absolute atomic E-state index is 12.1. The fourth-order valence-electron chi connectivity index (χ4n) is 3.93. The van der Waals surface area contributed by atoms with Crippen molar-refractivity contribution in [2.45, 2.75) is 38.5 Å². The number of halogens is 1. The van der Waals surface area contributed by atoms with Gasteiger partial charge in [-0.1, -0.05) is 38.1 Å². The molecule has 0 aliphatic carbocycles. The van der Waals surface area contributed by atoms with Crippen molar-refractivity contribution in [1.82, 2.24) is 10.6 Å². The minimum atomic E-state index is -0.180. The highest BCUT2D eigenvalue weighted by atomic mass is 127. The molecule has 0 spiro atoms. The molecule has 0 aromatic heterocycles. The minimum absolute atomic E-state index is 0. The van der Waals surface area contributed by atoms with Gasteiger partial charge in [0.2, 0.25) is 12.7 Å². The van der Waals surface area contributed by atoms with Crippen molar-refractivity contribution in [3.63, 3.8) is 0 Å².